The van der Waals surface area contributed by atoms with Crippen LogP contribution in [-0.2, 0) is 14.6 Å². The summed E-state index contributed by atoms with van der Waals surface area (Å²) in [6.45, 7) is 1.90. The van der Waals surface area contributed by atoms with E-state index in [1.54, 1.807) is 49.5 Å². The quantitative estimate of drug-likeness (QED) is 0.551. The summed E-state index contributed by atoms with van der Waals surface area (Å²) in [5.41, 5.74) is 4.15. The highest BCUT2D eigenvalue weighted by Gasteiger charge is 2.32. The number of carbonyl (C=O) groups excluding carboxylic acids is 1. The predicted molar refractivity (Wildman–Crippen MR) is 125 cm³/mol. The van der Waals surface area contributed by atoms with Gasteiger partial charge in [-0.15, -0.1) is 0 Å². The molecule has 0 saturated carbocycles. The van der Waals surface area contributed by atoms with Crippen LogP contribution in [0.3, 0.4) is 0 Å². The number of carbonyl (C=O) groups is 1. The first-order valence-electron chi connectivity index (χ1n) is 9.90. The monoisotopic (exact) mass is 451 g/mol. The molecule has 1 aliphatic rings. The van der Waals surface area contributed by atoms with Crippen molar-refractivity contribution in [2.45, 2.75) is 11.8 Å². The minimum atomic E-state index is -3.67. The van der Waals surface area contributed by atoms with Crippen molar-refractivity contribution >= 4 is 38.6 Å². The Labute approximate surface area is 187 Å². The van der Waals surface area contributed by atoms with Crippen LogP contribution in [-0.4, -0.2) is 27.1 Å². The predicted octanol–water partition coefficient (Wildman–Crippen LogP) is 5.15. The molecule has 0 bridgehead atoms. The Morgan fingerprint density at radius 3 is 2.32 bits per heavy atom. The molecule has 0 fully saturated rings. The summed E-state index contributed by atoms with van der Waals surface area (Å²) < 4.78 is 26.3. The van der Waals surface area contributed by atoms with Gasteiger partial charge < -0.3 is 4.90 Å². The van der Waals surface area contributed by atoms with Crippen molar-refractivity contribution in [1.82, 2.24) is 0 Å². The molecular weight excluding hydrogens is 430 g/mol. The van der Waals surface area contributed by atoms with E-state index in [-0.39, 0.29) is 16.6 Å². The lowest BCUT2D eigenvalue weighted by Crippen LogP contribution is -2.35. The largest absolute Gasteiger partial charge is 0.314 e. The average molecular weight is 452 g/mol. The van der Waals surface area contributed by atoms with E-state index in [0.717, 1.165) is 22.3 Å². The Balaban J connectivity index is 1.84. The van der Waals surface area contributed by atoms with E-state index in [0.29, 0.717) is 10.7 Å². The van der Waals surface area contributed by atoms with Crippen LogP contribution < -0.4 is 4.90 Å². The minimum absolute atomic E-state index is 0.216. The molecular formula is C25H22ClNO3S. The van der Waals surface area contributed by atoms with E-state index in [4.69, 9.17) is 11.6 Å². The minimum Gasteiger partial charge on any atom is -0.314 e. The van der Waals surface area contributed by atoms with Crippen molar-refractivity contribution in [1.29, 1.82) is 0 Å². The fraction of sp³-hybridized carbons (Fsp3) is 0.160. The Hall–Kier alpha value is -2.89. The number of nitrogens with zero attached hydrogens (tertiary/aromatic N) is 1. The molecule has 3 aromatic carbocycles. The molecule has 0 aliphatic carbocycles. The molecule has 0 unspecified atom stereocenters. The molecule has 1 aliphatic heterocycles. The molecule has 0 spiro atoms. The van der Waals surface area contributed by atoms with Crippen LogP contribution in [0.4, 0.5) is 5.69 Å². The number of fused-ring (bicyclic) bond motifs is 1. The van der Waals surface area contributed by atoms with Gasteiger partial charge in [0.1, 0.15) is 0 Å². The first-order valence-corrected chi connectivity index (χ1v) is 11.9. The van der Waals surface area contributed by atoms with Gasteiger partial charge in [0.05, 0.1) is 22.3 Å². The van der Waals surface area contributed by atoms with Crippen LogP contribution in [0.25, 0.3) is 5.57 Å². The first kappa shape index (κ1) is 21.3. The fourth-order valence-electron chi connectivity index (χ4n) is 3.81. The first-order chi connectivity index (χ1) is 14.8. The third-order valence-electron chi connectivity index (χ3n) is 5.49. The molecule has 1 amide bonds. The smallest absolute Gasteiger partial charge is 0.234 e. The van der Waals surface area contributed by atoms with Gasteiger partial charge in [0.25, 0.3) is 0 Å². The summed E-state index contributed by atoms with van der Waals surface area (Å²) in [4.78, 5) is 15.1. The molecule has 0 N–H and O–H groups in total. The second kappa shape index (κ2) is 8.33. The highest BCUT2D eigenvalue weighted by atomic mass is 35.5. The lowest BCUT2D eigenvalue weighted by Gasteiger charge is -2.21. The number of hydrogen-bond donors (Lipinski definition) is 0. The third-order valence-corrected chi connectivity index (χ3v) is 7.51. The second-order valence-electron chi connectivity index (χ2n) is 7.71. The van der Waals surface area contributed by atoms with Gasteiger partial charge in [0, 0.05) is 17.6 Å². The molecule has 31 heavy (non-hydrogen) atoms. The number of amides is 1. The van der Waals surface area contributed by atoms with Crippen LogP contribution in [0.1, 0.15) is 16.7 Å². The molecule has 1 atom stereocenters. The van der Waals surface area contributed by atoms with Gasteiger partial charge >= 0.3 is 0 Å². The number of hydrogen-bond acceptors (Lipinski definition) is 3. The zero-order valence-electron chi connectivity index (χ0n) is 17.2. The van der Waals surface area contributed by atoms with Crippen LogP contribution in [0.5, 0.6) is 0 Å². The molecule has 0 radical (unpaired) electrons. The van der Waals surface area contributed by atoms with E-state index in [2.05, 4.69) is 0 Å². The standard InChI is InChI=1S/C25H22ClNO3S/c1-17-8-11-21(12-9-17)31(29,30)16-19-14-22(18-6-4-3-5-7-18)23-15-20(26)10-13-24(23)27(2)25(19)28/h3-15,19H,16H2,1-2H3/t19-/m1/s1. The van der Waals surface area contributed by atoms with E-state index >= 15 is 0 Å². The summed E-state index contributed by atoms with van der Waals surface area (Å²) in [5.74, 6) is -1.42. The summed E-state index contributed by atoms with van der Waals surface area (Å²) in [6.07, 6.45) is 1.77. The SMILES string of the molecule is Cc1ccc(S(=O)(=O)C[C@H]2C=C(c3ccccc3)c3cc(Cl)ccc3N(C)C2=O)cc1. The Morgan fingerprint density at radius 2 is 1.65 bits per heavy atom. The normalized spacial score (nSPS) is 16.5. The Kier molecular flexibility index (Phi) is 5.73. The van der Waals surface area contributed by atoms with E-state index in [1.807, 2.05) is 43.3 Å². The lowest BCUT2D eigenvalue weighted by atomic mass is 9.94. The average Bonchev–Trinajstić information content (AvgIpc) is 2.85. The van der Waals surface area contributed by atoms with Crippen LogP contribution in [0, 0.1) is 12.8 Å². The molecule has 4 rings (SSSR count). The molecule has 0 saturated heterocycles. The summed E-state index contributed by atoms with van der Waals surface area (Å²) >= 11 is 6.28. The zero-order valence-corrected chi connectivity index (χ0v) is 18.8. The number of anilines is 1. The van der Waals surface area contributed by atoms with Gasteiger partial charge in [-0.25, -0.2) is 8.42 Å². The van der Waals surface area contributed by atoms with Gasteiger partial charge in [-0.1, -0.05) is 65.7 Å². The summed E-state index contributed by atoms with van der Waals surface area (Å²) in [6, 6.07) is 21.7. The van der Waals surface area contributed by atoms with Crippen LogP contribution >= 0.6 is 11.6 Å². The van der Waals surface area contributed by atoms with Gasteiger partial charge in [-0.3, -0.25) is 4.79 Å². The van der Waals surface area contributed by atoms with Crippen LogP contribution in [0.2, 0.25) is 5.02 Å². The van der Waals surface area contributed by atoms with Gasteiger partial charge in [0.2, 0.25) is 5.91 Å². The Bertz CT molecular complexity index is 1270. The maximum Gasteiger partial charge on any atom is 0.234 e. The zero-order chi connectivity index (χ0) is 22.2. The van der Waals surface area contributed by atoms with Crippen molar-refractivity contribution in [2.24, 2.45) is 5.92 Å². The maximum atomic E-state index is 13.3. The molecule has 6 heteroatoms. The van der Waals surface area contributed by atoms with Crippen molar-refractivity contribution in [3.63, 3.8) is 0 Å². The maximum absolute atomic E-state index is 13.3. The van der Waals surface area contributed by atoms with Crippen molar-refractivity contribution in [3.05, 3.63) is 101 Å². The van der Waals surface area contributed by atoms with Crippen molar-refractivity contribution in [2.75, 3.05) is 17.7 Å². The molecule has 4 nitrogen and oxygen atoms in total. The van der Waals surface area contributed by atoms with Gasteiger partial charge in [0.15, 0.2) is 9.84 Å². The molecule has 158 valence electrons. The topological polar surface area (TPSA) is 54.5 Å². The lowest BCUT2D eigenvalue weighted by molar-refractivity contribution is -0.120. The van der Waals surface area contributed by atoms with E-state index in [1.165, 1.54) is 4.90 Å². The molecule has 0 aromatic heterocycles. The van der Waals surface area contributed by atoms with Crippen molar-refractivity contribution < 1.29 is 13.2 Å². The Morgan fingerprint density at radius 1 is 0.968 bits per heavy atom. The fourth-order valence-corrected chi connectivity index (χ4v) is 5.44. The van der Waals surface area contributed by atoms with Crippen molar-refractivity contribution in [3.8, 4) is 0 Å². The number of aryl methyl sites for hydroxylation is 1. The highest BCUT2D eigenvalue weighted by molar-refractivity contribution is 7.91. The number of benzene rings is 3. The van der Waals surface area contributed by atoms with E-state index in [9.17, 15) is 13.2 Å². The third kappa shape index (κ3) is 4.29. The number of halogens is 1. The summed E-state index contributed by atoms with van der Waals surface area (Å²) in [7, 11) is -2.00. The van der Waals surface area contributed by atoms with Crippen LogP contribution in [0.15, 0.2) is 83.8 Å². The van der Waals surface area contributed by atoms with Gasteiger partial charge in [-0.05, 0) is 48.4 Å². The molecule has 1 heterocycles. The highest BCUT2D eigenvalue weighted by Crippen LogP contribution is 2.38. The number of sulfone groups is 1. The second-order valence-corrected chi connectivity index (χ2v) is 10.2. The number of rotatable bonds is 4. The molecule has 3 aromatic rings. The van der Waals surface area contributed by atoms with Gasteiger partial charge in [-0.2, -0.15) is 0 Å². The van der Waals surface area contributed by atoms with E-state index < -0.39 is 15.8 Å². The summed E-state index contributed by atoms with van der Waals surface area (Å²) in [5, 5.41) is 0.548.